The van der Waals surface area contributed by atoms with Gasteiger partial charge in [0.05, 0.1) is 7.11 Å². The molecule has 1 amide bonds. The zero-order valence-electron chi connectivity index (χ0n) is 14.8. The molecule has 1 unspecified atom stereocenters. The number of piperidine rings is 1. The molecule has 0 saturated carbocycles. The summed E-state index contributed by atoms with van der Waals surface area (Å²) in [5.74, 6) is 0.646. The predicted octanol–water partition coefficient (Wildman–Crippen LogP) is 2.57. The minimum Gasteiger partial charge on any atom is -0.494 e. The van der Waals surface area contributed by atoms with Gasteiger partial charge < -0.3 is 14.7 Å². The van der Waals surface area contributed by atoms with E-state index in [-0.39, 0.29) is 18.6 Å². The number of likely N-dealkylation sites (tertiary alicyclic amines) is 1. The summed E-state index contributed by atoms with van der Waals surface area (Å²) in [5.41, 5.74) is 2.33. The molecule has 2 heterocycles. The van der Waals surface area contributed by atoms with Crippen molar-refractivity contribution in [3.8, 4) is 11.4 Å². The number of rotatable bonds is 5. The Labute approximate surface area is 148 Å². The van der Waals surface area contributed by atoms with Crippen LogP contribution in [0, 0.1) is 6.92 Å². The average molecular weight is 343 g/mol. The molecule has 1 aromatic carbocycles. The zero-order chi connectivity index (χ0) is 17.8. The highest BCUT2D eigenvalue weighted by Gasteiger charge is 2.28. The Hall–Kier alpha value is -2.34. The van der Waals surface area contributed by atoms with E-state index in [1.54, 1.807) is 24.1 Å². The van der Waals surface area contributed by atoms with Crippen LogP contribution in [-0.4, -0.2) is 52.0 Å². The van der Waals surface area contributed by atoms with Crippen molar-refractivity contribution < 1.29 is 14.6 Å². The second-order valence-corrected chi connectivity index (χ2v) is 6.48. The topological polar surface area (TPSA) is 67.6 Å². The molecule has 1 aromatic heterocycles. The molecule has 25 heavy (non-hydrogen) atoms. The molecule has 3 rings (SSSR count). The number of benzene rings is 1. The molecule has 1 fully saturated rings. The molecular formula is C19H25N3O3. The van der Waals surface area contributed by atoms with Crippen molar-refractivity contribution in [1.29, 1.82) is 0 Å². The Morgan fingerprint density at radius 3 is 2.96 bits per heavy atom. The summed E-state index contributed by atoms with van der Waals surface area (Å²) >= 11 is 0. The van der Waals surface area contributed by atoms with Gasteiger partial charge in [0.25, 0.3) is 5.91 Å². The summed E-state index contributed by atoms with van der Waals surface area (Å²) in [6, 6.07) is 7.70. The molecule has 134 valence electrons. The lowest BCUT2D eigenvalue weighted by Crippen LogP contribution is -2.44. The molecule has 6 heteroatoms. The molecule has 1 N–H and O–H groups in total. The van der Waals surface area contributed by atoms with Gasteiger partial charge in [-0.3, -0.25) is 4.79 Å². The number of nitrogens with zero attached hydrogens (tertiary/aromatic N) is 3. The summed E-state index contributed by atoms with van der Waals surface area (Å²) in [6.07, 6.45) is 5.45. The Morgan fingerprint density at radius 1 is 1.36 bits per heavy atom. The highest BCUT2D eigenvalue weighted by molar-refractivity contribution is 5.92. The molecule has 1 saturated heterocycles. The van der Waals surface area contributed by atoms with Crippen LogP contribution in [0.1, 0.15) is 41.7 Å². The predicted molar refractivity (Wildman–Crippen MR) is 95.2 cm³/mol. The molecule has 6 nitrogen and oxygen atoms in total. The number of aryl methyl sites for hydroxylation is 1. The molecule has 2 aromatic rings. The van der Waals surface area contributed by atoms with E-state index in [4.69, 9.17) is 4.74 Å². The van der Waals surface area contributed by atoms with E-state index >= 15 is 0 Å². The third-order valence-corrected chi connectivity index (χ3v) is 4.74. The van der Waals surface area contributed by atoms with Crippen LogP contribution in [0.15, 0.2) is 30.5 Å². The van der Waals surface area contributed by atoms with Crippen molar-refractivity contribution in [2.45, 2.75) is 38.6 Å². The van der Waals surface area contributed by atoms with Gasteiger partial charge in [0.1, 0.15) is 11.4 Å². The minimum absolute atomic E-state index is 0.0662. The van der Waals surface area contributed by atoms with Gasteiger partial charge in [0, 0.05) is 25.4 Å². The third kappa shape index (κ3) is 3.69. The number of carbonyl (C=O) groups excluding carboxylic acids is 1. The van der Waals surface area contributed by atoms with Gasteiger partial charge in [-0.25, -0.2) is 4.68 Å². The Kier molecular flexibility index (Phi) is 5.38. The standard InChI is InChI=1S/C19H25N3O3/c1-14-6-7-18(25-2)17(13-14)22-11-8-16(20-22)19(24)21-10-4-3-5-15(21)9-12-23/h6-8,11,13,15,23H,3-5,9-10,12H2,1-2H3. The van der Waals surface area contributed by atoms with Gasteiger partial charge in [-0.15, -0.1) is 0 Å². The van der Waals surface area contributed by atoms with Gasteiger partial charge in [-0.2, -0.15) is 5.10 Å². The summed E-state index contributed by atoms with van der Waals surface area (Å²) in [6.45, 7) is 2.83. The number of aromatic nitrogens is 2. The summed E-state index contributed by atoms with van der Waals surface area (Å²) in [7, 11) is 1.62. The fourth-order valence-corrected chi connectivity index (χ4v) is 3.42. The quantitative estimate of drug-likeness (QED) is 0.906. The van der Waals surface area contributed by atoms with Crippen LogP contribution in [0.2, 0.25) is 0 Å². The number of aliphatic hydroxyl groups is 1. The van der Waals surface area contributed by atoms with Crippen LogP contribution in [0.25, 0.3) is 5.69 Å². The maximum atomic E-state index is 12.9. The third-order valence-electron chi connectivity index (χ3n) is 4.74. The smallest absolute Gasteiger partial charge is 0.274 e. The number of hydrogen-bond acceptors (Lipinski definition) is 4. The molecule has 1 aliphatic heterocycles. The van der Waals surface area contributed by atoms with Crippen LogP contribution >= 0.6 is 0 Å². The lowest BCUT2D eigenvalue weighted by Gasteiger charge is -2.35. The van der Waals surface area contributed by atoms with E-state index in [2.05, 4.69) is 5.10 Å². The van der Waals surface area contributed by atoms with E-state index in [1.807, 2.05) is 30.0 Å². The zero-order valence-corrected chi connectivity index (χ0v) is 14.8. The van der Waals surface area contributed by atoms with Crippen LogP contribution in [-0.2, 0) is 0 Å². The summed E-state index contributed by atoms with van der Waals surface area (Å²) < 4.78 is 7.09. The largest absolute Gasteiger partial charge is 0.494 e. The lowest BCUT2D eigenvalue weighted by atomic mass is 9.99. The first-order valence-electron chi connectivity index (χ1n) is 8.76. The van der Waals surface area contributed by atoms with Crippen molar-refractivity contribution in [1.82, 2.24) is 14.7 Å². The van der Waals surface area contributed by atoms with Crippen molar-refractivity contribution in [2.75, 3.05) is 20.3 Å². The molecule has 0 spiro atoms. The van der Waals surface area contributed by atoms with Crippen LogP contribution in [0.3, 0.4) is 0 Å². The van der Waals surface area contributed by atoms with Gasteiger partial charge >= 0.3 is 0 Å². The number of aliphatic hydroxyl groups excluding tert-OH is 1. The highest BCUT2D eigenvalue weighted by Crippen LogP contribution is 2.25. The number of methoxy groups -OCH3 is 1. The van der Waals surface area contributed by atoms with E-state index in [9.17, 15) is 9.90 Å². The van der Waals surface area contributed by atoms with Crippen molar-refractivity contribution in [3.05, 3.63) is 41.7 Å². The molecule has 0 aliphatic carbocycles. The first-order valence-corrected chi connectivity index (χ1v) is 8.76. The van der Waals surface area contributed by atoms with Crippen LogP contribution in [0.4, 0.5) is 0 Å². The SMILES string of the molecule is COc1ccc(C)cc1-n1ccc(C(=O)N2CCCCC2CCO)n1. The summed E-state index contributed by atoms with van der Waals surface area (Å²) in [5, 5.41) is 13.7. The molecule has 0 bridgehead atoms. The number of amides is 1. The Morgan fingerprint density at radius 2 is 2.20 bits per heavy atom. The minimum atomic E-state index is -0.0662. The Bertz CT molecular complexity index is 739. The number of hydrogen-bond donors (Lipinski definition) is 1. The monoisotopic (exact) mass is 343 g/mol. The van der Waals surface area contributed by atoms with Crippen LogP contribution < -0.4 is 4.74 Å². The van der Waals surface area contributed by atoms with Crippen molar-refractivity contribution in [2.24, 2.45) is 0 Å². The van der Waals surface area contributed by atoms with Gasteiger partial charge in [-0.1, -0.05) is 6.07 Å². The fraction of sp³-hybridized carbons (Fsp3) is 0.474. The average Bonchev–Trinajstić information content (AvgIpc) is 3.12. The van der Waals surface area contributed by atoms with Crippen LogP contribution in [0.5, 0.6) is 5.75 Å². The van der Waals surface area contributed by atoms with Crippen molar-refractivity contribution >= 4 is 5.91 Å². The highest BCUT2D eigenvalue weighted by atomic mass is 16.5. The molecular weight excluding hydrogens is 318 g/mol. The second kappa shape index (κ2) is 7.70. The normalized spacial score (nSPS) is 17.6. The van der Waals surface area contributed by atoms with E-state index in [0.29, 0.717) is 17.9 Å². The van der Waals surface area contributed by atoms with Gasteiger partial charge in [0.15, 0.2) is 5.69 Å². The maximum absolute atomic E-state index is 12.9. The summed E-state index contributed by atoms with van der Waals surface area (Å²) in [4.78, 5) is 14.7. The van der Waals surface area contributed by atoms with E-state index < -0.39 is 0 Å². The number of ether oxygens (including phenoxy) is 1. The maximum Gasteiger partial charge on any atom is 0.274 e. The Balaban J connectivity index is 1.86. The van der Waals surface area contributed by atoms with Crippen molar-refractivity contribution in [3.63, 3.8) is 0 Å². The molecule has 1 atom stereocenters. The first kappa shape index (κ1) is 17.5. The first-order chi connectivity index (χ1) is 12.1. The fourth-order valence-electron chi connectivity index (χ4n) is 3.42. The van der Waals surface area contributed by atoms with Gasteiger partial charge in [-0.05, 0) is 56.4 Å². The molecule has 1 aliphatic rings. The lowest BCUT2D eigenvalue weighted by molar-refractivity contribution is 0.0568. The number of carbonyl (C=O) groups is 1. The second-order valence-electron chi connectivity index (χ2n) is 6.48. The van der Waals surface area contributed by atoms with Gasteiger partial charge in [0.2, 0.25) is 0 Å². The molecule has 0 radical (unpaired) electrons. The van der Waals surface area contributed by atoms with E-state index in [1.165, 1.54) is 0 Å². The van der Waals surface area contributed by atoms with E-state index in [0.717, 1.165) is 37.1 Å².